The van der Waals surface area contributed by atoms with Crippen molar-refractivity contribution >= 4 is 23.2 Å². The van der Waals surface area contributed by atoms with Crippen molar-refractivity contribution in [3.63, 3.8) is 0 Å². The summed E-state index contributed by atoms with van der Waals surface area (Å²) in [5.41, 5.74) is 1.61. The molecule has 1 aromatic carbocycles. The summed E-state index contributed by atoms with van der Waals surface area (Å²) >= 11 is 12.9. The van der Waals surface area contributed by atoms with Gasteiger partial charge in [0, 0.05) is 10.4 Å². The van der Waals surface area contributed by atoms with Crippen LogP contribution in [0, 0.1) is 11.3 Å². The number of alkyl halides is 1. The fraction of sp³-hybridized carbons (Fsp3) is 0.647. The van der Waals surface area contributed by atoms with Gasteiger partial charge in [-0.05, 0) is 54.7 Å². The molecular formula is C17H24Cl2. The van der Waals surface area contributed by atoms with E-state index < -0.39 is 0 Å². The smallest absolute Gasteiger partial charge is 0.0432 e. The number of hydrogen-bond acceptors (Lipinski definition) is 0. The highest BCUT2D eigenvalue weighted by Crippen LogP contribution is 2.48. The standard InChI is InChI=1S/C17H24Cl2/c1-13(2)12-17(8-3-4-9-17)16(19)11-14-6-5-7-15(18)10-14/h5-7,10,13,16H,3-4,8-9,11-12H2,1-2H3. The first kappa shape index (κ1) is 15.2. The van der Waals surface area contributed by atoms with Gasteiger partial charge in [-0.25, -0.2) is 0 Å². The molecule has 1 atom stereocenters. The summed E-state index contributed by atoms with van der Waals surface area (Å²) in [4.78, 5) is 0. The average molecular weight is 299 g/mol. The van der Waals surface area contributed by atoms with E-state index in [9.17, 15) is 0 Å². The second kappa shape index (κ2) is 6.50. The third-order valence-corrected chi connectivity index (χ3v) is 5.23. The van der Waals surface area contributed by atoms with Gasteiger partial charge >= 0.3 is 0 Å². The van der Waals surface area contributed by atoms with Gasteiger partial charge in [-0.3, -0.25) is 0 Å². The van der Waals surface area contributed by atoms with Crippen LogP contribution in [0.2, 0.25) is 5.02 Å². The van der Waals surface area contributed by atoms with Crippen molar-refractivity contribution in [1.29, 1.82) is 0 Å². The summed E-state index contributed by atoms with van der Waals surface area (Å²) in [6, 6.07) is 8.13. The quantitative estimate of drug-likeness (QED) is 0.576. The van der Waals surface area contributed by atoms with Crippen LogP contribution in [-0.2, 0) is 6.42 Å². The van der Waals surface area contributed by atoms with Crippen LogP contribution < -0.4 is 0 Å². The first-order chi connectivity index (χ1) is 9.02. The summed E-state index contributed by atoms with van der Waals surface area (Å²) in [6.45, 7) is 4.62. The minimum Gasteiger partial charge on any atom is -0.122 e. The van der Waals surface area contributed by atoms with Gasteiger partial charge < -0.3 is 0 Å². The topological polar surface area (TPSA) is 0 Å². The second-order valence-electron chi connectivity index (χ2n) is 6.47. The van der Waals surface area contributed by atoms with Crippen LogP contribution in [0.25, 0.3) is 0 Å². The van der Waals surface area contributed by atoms with Crippen LogP contribution >= 0.6 is 23.2 Å². The zero-order chi connectivity index (χ0) is 13.9. The van der Waals surface area contributed by atoms with Crippen molar-refractivity contribution in [3.05, 3.63) is 34.9 Å². The molecule has 19 heavy (non-hydrogen) atoms. The van der Waals surface area contributed by atoms with Gasteiger partial charge in [-0.2, -0.15) is 0 Å². The van der Waals surface area contributed by atoms with Gasteiger partial charge in [0.2, 0.25) is 0 Å². The van der Waals surface area contributed by atoms with E-state index in [1.54, 1.807) is 0 Å². The lowest BCUT2D eigenvalue weighted by Gasteiger charge is -2.36. The third kappa shape index (κ3) is 3.89. The van der Waals surface area contributed by atoms with Crippen molar-refractivity contribution in [1.82, 2.24) is 0 Å². The maximum Gasteiger partial charge on any atom is 0.0432 e. The Hall–Kier alpha value is -0.200. The molecule has 1 fully saturated rings. The van der Waals surface area contributed by atoms with Crippen molar-refractivity contribution in [2.24, 2.45) is 11.3 Å². The molecule has 0 saturated heterocycles. The van der Waals surface area contributed by atoms with E-state index in [0.717, 1.165) is 17.4 Å². The Morgan fingerprint density at radius 1 is 1.21 bits per heavy atom. The Bertz CT molecular complexity index is 405. The van der Waals surface area contributed by atoms with Crippen LogP contribution in [-0.4, -0.2) is 5.38 Å². The van der Waals surface area contributed by atoms with Crippen LogP contribution in [0.4, 0.5) is 0 Å². The van der Waals surface area contributed by atoms with Crippen LogP contribution in [0.1, 0.15) is 51.5 Å². The summed E-state index contributed by atoms with van der Waals surface area (Å²) in [7, 11) is 0. The molecule has 1 aliphatic rings. The fourth-order valence-electron chi connectivity index (χ4n) is 3.62. The molecule has 1 aliphatic carbocycles. The normalized spacial score (nSPS) is 19.8. The summed E-state index contributed by atoms with van der Waals surface area (Å²) in [6.07, 6.45) is 7.45. The predicted octanol–water partition coefficient (Wildman–Crippen LogP) is 6.10. The van der Waals surface area contributed by atoms with E-state index in [1.807, 2.05) is 12.1 Å². The Balaban J connectivity index is 2.09. The molecule has 106 valence electrons. The van der Waals surface area contributed by atoms with Crippen molar-refractivity contribution in [2.45, 2.75) is 57.7 Å². The molecule has 1 unspecified atom stereocenters. The fourth-order valence-corrected chi connectivity index (χ4v) is 4.32. The van der Waals surface area contributed by atoms with Gasteiger partial charge in [-0.1, -0.05) is 50.4 Å². The molecule has 0 aromatic heterocycles. The molecule has 2 rings (SSSR count). The van der Waals surface area contributed by atoms with Crippen LogP contribution in [0.3, 0.4) is 0 Å². The Kier molecular flexibility index (Phi) is 5.20. The van der Waals surface area contributed by atoms with E-state index in [-0.39, 0.29) is 5.38 Å². The first-order valence-corrected chi connectivity index (χ1v) is 8.22. The monoisotopic (exact) mass is 298 g/mol. The molecule has 0 aliphatic heterocycles. The zero-order valence-electron chi connectivity index (χ0n) is 12.0. The maximum atomic E-state index is 6.83. The highest BCUT2D eigenvalue weighted by Gasteiger charge is 2.40. The molecule has 0 heterocycles. The Labute approximate surface area is 127 Å². The number of benzene rings is 1. The first-order valence-electron chi connectivity index (χ1n) is 7.40. The molecule has 0 bridgehead atoms. The SMILES string of the molecule is CC(C)CC1(C(Cl)Cc2cccc(Cl)c2)CCCC1. The van der Waals surface area contributed by atoms with Gasteiger partial charge in [0.1, 0.15) is 0 Å². The highest BCUT2D eigenvalue weighted by atomic mass is 35.5. The van der Waals surface area contributed by atoms with E-state index in [1.165, 1.54) is 37.7 Å². The highest BCUT2D eigenvalue weighted by molar-refractivity contribution is 6.30. The van der Waals surface area contributed by atoms with E-state index in [0.29, 0.717) is 5.41 Å². The van der Waals surface area contributed by atoms with Crippen LogP contribution in [0.15, 0.2) is 24.3 Å². The number of hydrogen-bond donors (Lipinski definition) is 0. The number of rotatable bonds is 5. The van der Waals surface area contributed by atoms with Gasteiger partial charge in [-0.15, -0.1) is 11.6 Å². The van der Waals surface area contributed by atoms with E-state index in [4.69, 9.17) is 23.2 Å². The third-order valence-electron chi connectivity index (χ3n) is 4.38. The average Bonchev–Trinajstić information content (AvgIpc) is 2.78. The summed E-state index contributed by atoms with van der Waals surface area (Å²) < 4.78 is 0. The molecular weight excluding hydrogens is 275 g/mol. The van der Waals surface area contributed by atoms with Gasteiger partial charge in [0.15, 0.2) is 0 Å². The maximum absolute atomic E-state index is 6.83. The number of halogens is 2. The molecule has 2 heteroatoms. The van der Waals surface area contributed by atoms with Crippen molar-refractivity contribution < 1.29 is 0 Å². The molecule has 1 saturated carbocycles. The van der Waals surface area contributed by atoms with E-state index >= 15 is 0 Å². The van der Waals surface area contributed by atoms with Crippen LogP contribution in [0.5, 0.6) is 0 Å². The second-order valence-corrected chi connectivity index (χ2v) is 7.43. The van der Waals surface area contributed by atoms with Crippen molar-refractivity contribution in [2.75, 3.05) is 0 Å². The minimum atomic E-state index is 0.232. The summed E-state index contributed by atoms with van der Waals surface area (Å²) in [5.74, 6) is 0.721. The Morgan fingerprint density at radius 3 is 2.47 bits per heavy atom. The molecule has 0 radical (unpaired) electrons. The molecule has 1 aromatic rings. The Morgan fingerprint density at radius 2 is 1.89 bits per heavy atom. The molecule has 0 amide bonds. The van der Waals surface area contributed by atoms with E-state index in [2.05, 4.69) is 26.0 Å². The van der Waals surface area contributed by atoms with Gasteiger partial charge in [0.25, 0.3) is 0 Å². The predicted molar refractivity (Wildman–Crippen MR) is 85.2 cm³/mol. The minimum absolute atomic E-state index is 0.232. The van der Waals surface area contributed by atoms with Crippen molar-refractivity contribution in [3.8, 4) is 0 Å². The lowest BCUT2D eigenvalue weighted by atomic mass is 9.74. The molecule has 0 N–H and O–H groups in total. The zero-order valence-corrected chi connectivity index (χ0v) is 13.5. The lowest BCUT2D eigenvalue weighted by Crippen LogP contribution is -2.31. The van der Waals surface area contributed by atoms with Gasteiger partial charge in [0.05, 0.1) is 0 Å². The largest absolute Gasteiger partial charge is 0.122 e. The lowest BCUT2D eigenvalue weighted by molar-refractivity contribution is 0.221. The summed E-state index contributed by atoms with van der Waals surface area (Å²) in [5, 5.41) is 1.04. The molecule has 0 spiro atoms. The molecule has 0 nitrogen and oxygen atoms in total.